The Balaban J connectivity index is 2.22. The number of hydrogen-bond donors (Lipinski definition) is 0. The zero-order chi connectivity index (χ0) is 14.5. The number of carbonyl (C=O) groups is 1. The van der Waals surface area contributed by atoms with Gasteiger partial charge in [-0.05, 0) is 42.5 Å². The summed E-state index contributed by atoms with van der Waals surface area (Å²) < 4.78 is 19.4. The molecule has 4 heteroatoms. The molecule has 0 saturated heterocycles. The summed E-state index contributed by atoms with van der Waals surface area (Å²) >= 11 is 3.27. The number of rotatable bonds is 4. The minimum Gasteiger partial charge on any atom is -0.497 e. The Kier molecular flexibility index (Phi) is 4.69. The first-order chi connectivity index (χ1) is 9.60. The van der Waals surface area contributed by atoms with E-state index in [0.29, 0.717) is 16.9 Å². The molecule has 0 aliphatic rings. The van der Waals surface area contributed by atoms with Crippen molar-refractivity contribution in [3.63, 3.8) is 0 Å². The molecular formula is C16H12BrFO2. The summed E-state index contributed by atoms with van der Waals surface area (Å²) in [6, 6.07) is 11.4. The number of hydrogen-bond acceptors (Lipinski definition) is 2. The van der Waals surface area contributed by atoms with Gasteiger partial charge in [-0.2, -0.15) is 0 Å². The Morgan fingerprint density at radius 3 is 2.80 bits per heavy atom. The second-order valence-corrected chi connectivity index (χ2v) is 5.01. The largest absolute Gasteiger partial charge is 0.497 e. The molecule has 2 rings (SSSR count). The van der Waals surface area contributed by atoms with Crippen LogP contribution in [0, 0.1) is 5.82 Å². The van der Waals surface area contributed by atoms with Crippen LogP contribution in [0.25, 0.3) is 6.08 Å². The highest BCUT2D eigenvalue weighted by molar-refractivity contribution is 9.10. The van der Waals surface area contributed by atoms with Crippen LogP contribution in [0.3, 0.4) is 0 Å². The number of carbonyl (C=O) groups excluding carboxylic acids is 1. The van der Waals surface area contributed by atoms with Gasteiger partial charge in [-0.1, -0.05) is 28.1 Å². The van der Waals surface area contributed by atoms with Crippen LogP contribution in [-0.2, 0) is 0 Å². The van der Waals surface area contributed by atoms with Crippen LogP contribution in [0.4, 0.5) is 4.39 Å². The van der Waals surface area contributed by atoms with Gasteiger partial charge in [0.15, 0.2) is 5.78 Å². The molecule has 2 aromatic rings. The number of methoxy groups -OCH3 is 1. The van der Waals surface area contributed by atoms with Gasteiger partial charge in [0.1, 0.15) is 11.6 Å². The van der Waals surface area contributed by atoms with Crippen LogP contribution in [0.15, 0.2) is 53.0 Å². The van der Waals surface area contributed by atoms with Gasteiger partial charge in [-0.25, -0.2) is 4.39 Å². The molecule has 0 aliphatic carbocycles. The molecule has 20 heavy (non-hydrogen) atoms. The number of ether oxygens (including phenoxy) is 1. The lowest BCUT2D eigenvalue weighted by Gasteiger charge is -2.01. The zero-order valence-corrected chi connectivity index (χ0v) is 12.4. The molecule has 0 aliphatic heterocycles. The predicted molar refractivity (Wildman–Crippen MR) is 80.5 cm³/mol. The van der Waals surface area contributed by atoms with Crippen molar-refractivity contribution >= 4 is 27.8 Å². The maximum atomic E-state index is 13.5. The van der Waals surface area contributed by atoms with E-state index in [1.54, 1.807) is 36.4 Å². The van der Waals surface area contributed by atoms with E-state index in [-0.39, 0.29) is 11.6 Å². The van der Waals surface area contributed by atoms with Gasteiger partial charge >= 0.3 is 0 Å². The molecular weight excluding hydrogens is 323 g/mol. The highest BCUT2D eigenvalue weighted by Crippen LogP contribution is 2.18. The fraction of sp³-hybridized carbons (Fsp3) is 0.0625. The average Bonchev–Trinajstić information content (AvgIpc) is 2.48. The number of ketones is 1. The summed E-state index contributed by atoms with van der Waals surface area (Å²) in [6.45, 7) is 0. The summed E-state index contributed by atoms with van der Waals surface area (Å²) in [5.74, 6) is 0.0315. The average molecular weight is 335 g/mol. The second kappa shape index (κ2) is 6.48. The van der Waals surface area contributed by atoms with Gasteiger partial charge in [0.05, 0.1) is 7.11 Å². The van der Waals surface area contributed by atoms with Crippen LogP contribution < -0.4 is 4.74 Å². The van der Waals surface area contributed by atoms with E-state index in [2.05, 4.69) is 15.9 Å². The van der Waals surface area contributed by atoms with Crippen molar-refractivity contribution in [1.82, 2.24) is 0 Å². The van der Waals surface area contributed by atoms with E-state index in [0.717, 1.165) is 4.47 Å². The summed E-state index contributed by atoms with van der Waals surface area (Å²) in [6.07, 6.45) is 2.81. The first-order valence-corrected chi connectivity index (χ1v) is 6.71. The predicted octanol–water partition coefficient (Wildman–Crippen LogP) is 4.49. The standard InChI is InChI=1S/C16H12BrFO2/c1-20-14-4-2-3-12(10-14)16(19)8-5-11-9-13(17)6-7-15(11)18/h2-10H,1H3/b8-5+. The van der Waals surface area contributed by atoms with Crippen LogP contribution in [0.1, 0.15) is 15.9 Å². The van der Waals surface area contributed by atoms with Crippen molar-refractivity contribution in [1.29, 1.82) is 0 Å². The monoisotopic (exact) mass is 334 g/mol. The van der Waals surface area contributed by atoms with Crippen molar-refractivity contribution in [2.45, 2.75) is 0 Å². The van der Waals surface area contributed by atoms with Gasteiger partial charge in [-0.3, -0.25) is 4.79 Å². The lowest BCUT2D eigenvalue weighted by Crippen LogP contribution is -1.95. The molecule has 2 aromatic carbocycles. The van der Waals surface area contributed by atoms with Crippen LogP contribution in [0.5, 0.6) is 5.75 Å². The zero-order valence-electron chi connectivity index (χ0n) is 10.8. The van der Waals surface area contributed by atoms with Crippen molar-refractivity contribution in [3.05, 3.63) is 70.0 Å². The van der Waals surface area contributed by atoms with Crippen molar-refractivity contribution in [3.8, 4) is 5.75 Å². The molecule has 0 amide bonds. The van der Waals surface area contributed by atoms with E-state index in [1.807, 2.05) is 0 Å². The topological polar surface area (TPSA) is 26.3 Å². The minimum absolute atomic E-state index is 0.205. The summed E-state index contributed by atoms with van der Waals surface area (Å²) in [7, 11) is 1.54. The second-order valence-electron chi connectivity index (χ2n) is 4.10. The Morgan fingerprint density at radius 1 is 1.25 bits per heavy atom. The molecule has 0 N–H and O–H groups in total. The van der Waals surface area contributed by atoms with E-state index in [4.69, 9.17) is 4.74 Å². The molecule has 0 saturated carbocycles. The lowest BCUT2D eigenvalue weighted by molar-refractivity contribution is 0.104. The van der Waals surface area contributed by atoms with E-state index >= 15 is 0 Å². The molecule has 0 unspecified atom stereocenters. The van der Waals surface area contributed by atoms with Gasteiger partial charge < -0.3 is 4.74 Å². The Hall–Kier alpha value is -1.94. The minimum atomic E-state index is -0.372. The normalized spacial score (nSPS) is 10.8. The number of allylic oxidation sites excluding steroid dienone is 1. The molecule has 0 spiro atoms. The van der Waals surface area contributed by atoms with Crippen LogP contribution in [-0.4, -0.2) is 12.9 Å². The first kappa shape index (κ1) is 14.5. The fourth-order valence-electron chi connectivity index (χ4n) is 1.68. The molecule has 102 valence electrons. The van der Waals surface area contributed by atoms with Crippen LogP contribution in [0.2, 0.25) is 0 Å². The third-order valence-corrected chi connectivity index (χ3v) is 3.22. The molecule has 0 fully saturated rings. The third kappa shape index (κ3) is 3.54. The Labute approximate surface area is 125 Å². The Bertz CT molecular complexity index is 665. The number of benzene rings is 2. The van der Waals surface area contributed by atoms with Gasteiger partial charge in [0.25, 0.3) is 0 Å². The molecule has 0 heterocycles. The Morgan fingerprint density at radius 2 is 2.05 bits per heavy atom. The third-order valence-electron chi connectivity index (χ3n) is 2.73. The lowest BCUT2D eigenvalue weighted by atomic mass is 10.1. The molecule has 2 nitrogen and oxygen atoms in total. The van der Waals surface area contributed by atoms with Gasteiger partial charge in [-0.15, -0.1) is 0 Å². The highest BCUT2D eigenvalue weighted by atomic mass is 79.9. The first-order valence-electron chi connectivity index (χ1n) is 5.91. The molecule has 0 bridgehead atoms. The summed E-state index contributed by atoms with van der Waals surface area (Å²) in [4.78, 5) is 12.0. The molecule has 0 radical (unpaired) electrons. The van der Waals surface area contributed by atoms with Crippen molar-refractivity contribution in [2.24, 2.45) is 0 Å². The van der Waals surface area contributed by atoms with E-state index in [1.165, 1.54) is 25.3 Å². The smallest absolute Gasteiger partial charge is 0.185 e. The summed E-state index contributed by atoms with van der Waals surface area (Å²) in [5, 5.41) is 0. The highest BCUT2D eigenvalue weighted by Gasteiger charge is 2.04. The maximum absolute atomic E-state index is 13.5. The maximum Gasteiger partial charge on any atom is 0.185 e. The number of halogens is 2. The van der Waals surface area contributed by atoms with Crippen molar-refractivity contribution < 1.29 is 13.9 Å². The van der Waals surface area contributed by atoms with Gasteiger partial charge in [0.2, 0.25) is 0 Å². The SMILES string of the molecule is COc1cccc(C(=O)/C=C/c2cc(Br)ccc2F)c1. The van der Waals surface area contributed by atoms with Gasteiger partial charge in [0, 0.05) is 15.6 Å². The quantitative estimate of drug-likeness (QED) is 0.608. The molecule has 0 aromatic heterocycles. The van der Waals surface area contributed by atoms with E-state index in [9.17, 15) is 9.18 Å². The van der Waals surface area contributed by atoms with Crippen molar-refractivity contribution in [2.75, 3.05) is 7.11 Å². The van der Waals surface area contributed by atoms with E-state index < -0.39 is 0 Å². The molecule has 0 atom stereocenters. The fourth-order valence-corrected chi connectivity index (χ4v) is 2.06. The van der Waals surface area contributed by atoms with Crippen LogP contribution >= 0.6 is 15.9 Å². The summed E-state index contributed by atoms with van der Waals surface area (Å²) in [5.41, 5.74) is 0.853.